The zero-order valence-corrected chi connectivity index (χ0v) is 18.3. The van der Waals surface area contributed by atoms with Gasteiger partial charge in [-0.25, -0.2) is 12.7 Å². The normalized spacial score (nSPS) is 14.9. The molecular formula is C21H23ClN2O5S. The highest BCUT2D eigenvalue weighted by atomic mass is 35.5. The number of amides is 1. The van der Waals surface area contributed by atoms with Gasteiger partial charge >= 0.3 is 5.97 Å². The van der Waals surface area contributed by atoms with Crippen molar-refractivity contribution >= 4 is 33.5 Å². The summed E-state index contributed by atoms with van der Waals surface area (Å²) in [6, 6.07) is 13.4. The number of sulfonamides is 1. The second kappa shape index (κ2) is 8.75. The van der Waals surface area contributed by atoms with Gasteiger partial charge in [-0.15, -0.1) is 0 Å². The zero-order valence-electron chi connectivity index (χ0n) is 16.7. The van der Waals surface area contributed by atoms with Crippen LogP contribution in [0.5, 0.6) is 0 Å². The Kier molecular flexibility index (Phi) is 6.50. The highest BCUT2D eigenvalue weighted by molar-refractivity contribution is 7.89. The molecule has 7 nitrogen and oxygen atoms in total. The molecule has 0 aliphatic heterocycles. The van der Waals surface area contributed by atoms with Crippen LogP contribution >= 0.6 is 11.6 Å². The number of benzene rings is 2. The molecule has 0 saturated heterocycles. The smallest absolute Gasteiger partial charge is 0.317 e. The van der Waals surface area contributed by atoms with E-state index in [9.17, 15) is 18.0 Å². The molecule has 3 rings (SSSR count). The van der Waals surface area contributed by atoms with Crippen molar-refractivity contribution in [2.24, 2.45) is 0 Å². The van der Waals surface area contributed by atoms with Crippen LogP contribution in [0.4, 0.5) is 0 Å². The van der Waals surface area contributed by atoms with Gasteiger partial charge in [-0.1, -0.05) is 41.9 Å². The molecule has 2 aromatic carbocycles. The molecule has 1 fully saturated rings. The Morgan fingerprint density at radius 3 is 2.33 bits per heavy atom. The Morgan fingerprint density at radius 1 is 1.10 bits per heavy atom. The van der Waals surface area contributed by atoms with E-state index < -0.39 is 33.9 Å². The number of halogens is 1. The summed E-state index contributed by atoms with van der Waals surface area (Å²) in [7, 11) is -0.753. The van der Waals surface area contributed by atoms with Gasteiger partial charge < -0.3 is 10.1 Å². The van der Waals surface area contributed by atoms with Crippen molar-refractivity contribution in [3.8, 4) is 0 Å². The van der Waals surface area contributed by atoms with Gasteiger partial charge in [0.2, 0.25) is 10.0 Å². The third-order valence-corrected chi connectivity index (χ3v) is 7.25. The SMILES string of the molecule is CN(C)S(=O)(=O)c1ccccc1CNC(=O)COC(=O)C1(c2ccc(Cl)cc2)CC1. The van der Waals surface area contributed by atoms with E-state index in [1.807, 2.05) is 0 Å². The summed E-state index contributed by atoms with van der Waals surface area (Å²) < 4.78 is 31.2. The molecule has 9 heteroatoms. The third kappa shape index (κ3) is 4.66. The fourth-order valence-electron chi connectivity index (χ4n) is 3.12. The summed E-state index contributed by atoms with van der Waals surface area (Å²) in [5.74, 6) is -0.956. The van der Waals surface area contributed by atoms with Crippen LogP contribution in [0.1, 0.15) is 24.0 Å². The number of ether oxygens (including phenoxy) is 1. The van der Waals surface area contributed by atoms with E-state index in [2.05, 4.69) is 5.32 Å². The molecule has 0 bridgehead atoms. The maximum atomic E-state index is 12.5. The topological polar surface area (TPSA) is 92.8 Å². The second-order valence-electron chi connectivity index (χ2n) is 7.34. The maximum Gasteiger partial charge on any atom is 0.317 e. The Balaban J connectivity index is 1.58. The summed E-state index contributed by atoms with van der Waals surface area (Å²) in [6.07, 6.45) is 1.32. The first-order chi connectivity index (χ1) is 14.2. The van der Waals surface area contributed by atoms with E-state index >= 15 is 0 Å². The highest BCUT2D eigenvalue weighted by Gasteiger charge is 2.52. The maximum absolute atomic E-state index is 12.5. The second-order valence-corrected chi connectivity index (χ2v) is 9.89. The number of nitrogens with one attached hydrogen (secondary N) is 1. The fraction of sp³-hybridized carbons (Fsp3) is 0.333. The van der Waals surface area contributed by atoms with Gasteiger partial charge in [0.05, 0.1) is 10.3 Å². The number of carbonyl (C=O) groups is 2. The minimum atomic E-state index is -3.64. The minimum Gasteiger partial charge on any atom is -0.455 e. The Hall–Kier alpha value is -2.42. The van der Waals surface area contributed by atoms with E-state index in [0.717, 1.165) is 9.87 Å². The molecule has 30 heavy (non-hydrogen) atoms. The van der Waals surface area contributed by atoms with Crippen molar-refractivity contribution in [1.82, 2.24) is 9.62 Å². The highest BCUT2D eigenvalue weighted by Crippen LogP contribution is 2.49. The molecule has 1 N–H and O–H groups in total. The van der Waals surface area contributed by atoms with Crippen molar-refractivity contribution in [1.29, 1.82) is 0 Å². The molecule has 0 atom stereocenters. The van der Waals surface area contributed by atoms with Crippen molar-refractivity contribution < 1.29 is 22.7 Å². The minimum absolute atomic E-state index is 0.00194. The van der Waals surface area contributed by atoms with E-state index in [1.54, 1.807) is 42.5 Å². The Bertz CT molecular complexity index is 1050. The first kappa shape index (κ1) is 22.3. The molecular weight excluding hydrogens is 428 g/mol. The van der Waals surface area contributed by atoms with Crippen LogP contribution in [-0.2, 0) is 36.3 Å². The number of rotatable bonds is 8. The van der Waals surface area contributed by atoms with Gasteiger partial charge in [-0.2, -0.15) is 0 Å². The van der Waals surface area contributed by atoms with Crippen LogP contribution in [0.25, 0.3) is 0 Å². The molecule has 0 heterocycles. The van der Waals surface area contributed by atoms with Crippen LogP contribution in [0.15, 0.2) is 53.4 Å². The van der Waals surface area contributed by atoms with Crippen LogP contribution in [0, 0.1) is 0 Å². The number of hydrogen-bond acceptors (Lipinski definition) is 5. The predicted octanol–water partition coefficient (Wildman–Crippen LogP) is 2.48. The van der Waals surface area contributed by atoms with Gasteiger partial charge in [0, 0.05) is 25.7 Å². The zero-order chi connectivity index (χ0) is 21.9. The van der Waals surface area contributed by atoms with Crippen molar-refractivity contribution in [3.63, 3.8) is 0 Å². The Labute approximate surface area is 181 Å². The van der Waals surface area contributed by atoms with Crippen LogP contribution in [-0.4, -0.2) is 45.3 Å². The summed E-state index contributed by atoms with van der Waals surface area (Å²) in [6.45, 7) is -0.432. The molecule has 1 amide bonds. The van der Waals surface area contributed by atoms with E-state index in [-0.39, 0.29) is 11.4 Å². The molecule has 1 aliphatic carbocycles. The molecule has 1 aliphatic rings. The molecule has 1 saturated carbocycles. The number of nitrogens with zero attached hydrogens (tertiary/aromatic N) is 1. The van der Waals surface area contributed by atoms with Gasteiger partial charge in [0.1, 0.15) is 0 Å². The molecule has 160 valence electrons. The van der Waals surface area contributed by atoms with Gasteiger partial charge in [-0.05, 0) is 42.2 Å². The lowest BCUT2D eigenvalue weighted by molar-refractivity contribution is -0.151. The quantitative estimate of drug-likeness (QED) is 0.624. The van der Waals surface area contributed by atoms with E-state index in [4.69, 9.17) is 16.3 Å². The lowest BCUT2D eigenvalue weighted by atomic mass is 9.96. The van der Waals surface area contributed by atoms with Crippen molar-refractivity contribution in [2.45, 2.75) is 29.7 Å². The number of hydrogen-bond donors (Lipinski definition) is 1. The van der Waals surface area contributed by atoms with Crippen LogP contribution < -0.4 is 5.32 Å². The van der Waals surface area contributed by atoms with E-state index in [1.165, 1.54) is 20.2 Å². The molecule has 0 aromatic heterocycles. The van der Waals surface area contributed by atoms with Gasteiger partial charge in [-0.3, -0.25) is 9.59 Å². The molecule has 0 unspecified atom stereocenters. The number of carbonyl (C=O) groups excluding carboxylic acids is 2. The molecule has 0 radical (unpaired) electrons. The fourth-order valence-corrected chi connectivity index (χ4v) is 4.36. The average molecular weight is 451 g/mol. The summed E-state index contributed by atoms with van der Waals surface area (Å²) in [4.78, 5) is 24.8. The summed E-state index contributed by atoms with van der Waals surface area (Å²) in [5, 5.41) is 3.19. The monoisotopic (exact) mass is 450 g/mol. The first-order valence-electron chi connectivity index (χ1n) is 9.37. The standard InChI is InChI=1S/C21H23ClN2O5S/c1-24(2)30(27,28)18-6-4-3-5-15(18)13-23-19(25)14-29-20(26)21(11-12-21)16-7-9-17(22)10-8-16/h3-10H,11-14H2,1-2H3,(H,23,25). The number of esters is 1. The largest absolute Gasteiger partial charge is 0.455 e. The third-order valence-electron chi connectivity index (χ3n) is 5.08. The first-order valence-corrected chi connectivity index (χ1v) is 11.2. The average Bonchev–Trinajstić information content (AvgIpc) is 3.53. The Morgan fingerprint density at radius 2 is 1.73 bits per heavy atom. The lowest BCUT2D eigenvalue weighted by Crippen LogP contribution is -2.32. The van der Waals surface area contributed by atoms with E-state index in [0.29, 0.717) is 23.4 Å². The van der Waals surface area contributed by atoms with Crippen molar-refractivity contribution in [3.05, 3.63) is 64.7 Å². The van der Waals surface area contributed by atoms with Gasteiger partial charge in [0.25, 0.3) is 5.91 Å². The summed E-state index contributed by atoms with van der Waals surface area (Å²) in [5.41, 5.74) is 0.558. The predicted molar refractivity (Wildman–Crippen MR) is 112 cm³/mol. The van der Waals surface area contributed by atoms with Crippen LogP contribution in [0.3, 0.4) is 0 Å². The summed E-state index contributed by atoms with van der Waals surface area (Å²) >= 11 is 5.90. The lowest BCUT2D eigenvalue weighted by Gasteiger charge is -2.16. The molecule has 0 spiro atoms. The molecule has 2 aromatic rings. The van der Waals surface area contributed by atoms with Crippen molar-refractivity contribution in [2.75, 3.05) is 20.7 Å². The van der Waals surface area contributed by atoms with Gasteiger partial charge in [0.15, 0.2) is 6.61 Å². The van der Waals surface area contributed by atoms with Crippen LogP contribution in [0.2, 0.25) is 5.02 Å².